The Balaban J connectivity index is 2.30. The number of amides is 2. The van der Waals surface area contributed by atoms with E-state index >= 15 is 0 Å². The number of carbonyl (C=O) groups is 4. The number of nitrogens with one attached hydrogen (secondary N) is 1. The smallest absolute Gasteiger partial charge is 0.411 e. The van der Waals surface area contributed by atoms with Gasteiger partial charge in [0.2, 0.25) is 5.78 Å². The zero-order chi connectivity index (χ0) is 28.6. The molecule has 0 aliphatic heterocycles. The number of benzene rings is 1. The molecule has 13 heteroatoms. The van der Waals surface area contributed by atoms with E-state index in [1.807, 2.05) is 0 Å². The van der Waals surface area contributed by atoms with E-state index < -0.39 is 64.5 Å². The van der Waals surface area contributed by atoms with Crippen LogP contribution in [0.3, 0.4) is 0 Å². The highest BCUT2D eigenvalue weighted by Crippen LogP contribution is 2.48. The molecule has 0 saturated carbocycles. The number of primary amides is 1. The molecule has 0 aromatic heterocycles. The Bertz CT molecular complexity index is 1270. The Labute approximate surface area is 218 Å². The van der Waals surface area contributed by atoms with Gasteiger partial charge >= 0.3 is 6.09 Å². The van der Waals surface area contributed by atoms with Gasteiger partial charge in [0.25, 0.3) is 5.91 Å². The Hall–Kier alpha value is -4.10. The van der Waals surface area contributed by atoms with Crippen molar-refractivity contribution < 1.29 is 44.3 Å². The summed E-state index contributed by atoms with van der Waals surface area (Å²) in [6, 6.07) is 0.625. The Morgan fingerprint density at radius 2 is 1.71 bits per heavy atom. The quantitative estimate of drug-likeness (QED) is 0.180. The van der Waals surface area contributed by atoms with Crippen LogP contribution < -0.4 is 16.0 Å². The average molecular weight is 533 g/mol. The van der Waals surface area contributed by atoms with E-state index in [0.29, 0.717) is 11.3 Å². The van der Waals surface area contributed by atoms with Crippen molar-refractivity contribution in [3.63, 3.8) is 0 Å². The van der Waals surface area contributed by atoms with Crippen LogP contribution >= 0.6 is 0 Å². The molecule has 0 radical (unpaired) electrons. The molecular weight excluding hydrogens is 500 g/mol. The van der Waals surface area contributed by atoms with E-state index in [2.05, 4.69) is 10.1 Å². The third-order valence-electron chi connectivity index (χ3n) is 6.88. The number of fused-ring (bicyclic) bond motifs is 2. The predicted molar refractivity (Wildman–Crippen MR) is 137 cm³/mol. The number of aliphatic hydroxyl groups excluding tert-OH is 3. The number of hydrogen-bond acceptors (Lipinski definition) is 11. The fourth-order valence-electron chi connectivity index (χ4n) is 5.00. The van der Waals surface area contributed by atoms with Gasteiger partial charge in [0.05, 0.1) is 24.4 Å². The summed E-state index contributed by atoms with van der Waals surface area (Å²) < 4.78 is 4.59. The van der Waals surface area contributed by atoms with Crippen molar-refractivity contribution in [2.45, 2.75) is 31.4 Å². The Morgan fingerprint density at radius 3 is 2.24 bits per heavy atom. The molecule has 2 aliphatic carbocycles. The highest BCUT2D eigenvalue weighted by molar-refractivity contribution is 6.29. The van der Waals surface area contributed by atoms with Crippen LogP contribution in [0.1, 0.15) is 24.0 Å². The van der Waals surface area contributed by atoms with Crippen LogP contribution in [0, 0.1) is 5.92 Å². The third kappa shape index (κ3) is 4.89. The number of phenolic OH excluding ortho intramolecular Hbond substituents is 1. The normalized spacial score (nSPS) is 24.0. The zero-order valence-corrected chi connectivity index (χ0v) is 21.7. The molecule has 0 spiro atoms. The monoisotopic (exact) mass is 532 g/mol. The molecule has 0 heterocycles. The van der Waals surface area contributed by atoms with Gasteiger partial charge in [-0.05, 0) is 50.9 Å². The number of aliphatic hydroxyl groups is 3. The Morgan fingerprint density at radius 1 is 1.08 bits per heavy atom. The van der Waals surface area contributed by atoms with Crippen LogP contribution in [0.25, 0.3) is 5.76 Å². The van der Waals surface area contributed by atoms with Crippen molar-refractivity contribution in [3.05, 3.63) is 34.1 Å². The summed E-state index contributed by atoms with van der Waals surface area (Å²) in [5.41, 5.74) is 4.81. The first-order valence-corrected chi connectivity index (χ1v) is 11.7. The van der Waals surface area contributed by atoms with Gasteiger partial charge in [-0.25, -0.2) is 4.79 Å². The van der Waals surface area contributed by atoms with E-state index in [9.17, 15) is 39.6 Å². The number of nitrogens with two attached hydrogens (primary N) is 1. The number of ether oxygens (including phenoxy) is 1. The minimum absolute atomic E-state index is 0.105. The number of hydrogen-bond donors (Lipinski definition) is 6. The number of rotatable bonds is 4. The van der Waals surface area contributed by atoms with E-state index in [1.54, 1.807) is 38.0 Å². The van der Waals surface area contributed by atoms with Gasteiger partial charge in [0.15, 0.2) is 17.6 Å². The van der Waals surface area contributed by atoms with Crippen molar-refractivity contribution >= 4 is 40.7 Å². The molecule has 1 aromatic carbocycles. The van der Waals surface area contributed by atoms with Gasteiger partial charge in [-0.1, -0.05) is 0 Å². The molecule has 7 N–H and O–H groups in total. The number of aromatic hydroxyl groups is 1. The lowest BCUT2D eigenvalue weighted by Crippen LogP contribution is -2.43. The predicted octanol–water partition coefficient (Wildman–Crippen LogP) is 0.598. The average Bonchev–Trinajstić information content (AvgIpc) is 2.83. The molecule has 2 aliphatic rings. The second-order valence-electron chi connectivity index (χ2n) is 9.63. The van der Waals surface area contributed by atoms with Gasteiger partial charge in [-0.3, -0.25) is 24.6 Å². The van der Waals surface area contributed by atoms with Crippen molar-refractivity contribution in [1.29, 1.82) is 0 Å². The maximum absolute atomic E-state index is 13.4. The van der Waals surface area contributed by atoms with Crippen LogP contribution in [0.15, 0.2) is 23.0 Å². The fraction of sp³-hybridized carbons (Fsp3) is 0.440. The number of likely N-dealkylation sites (N-methyl/N-ethyl adjacent to an activating group) is 1. The van der Waals surface area contributed by atoms with Crippen molar-refractivity contribution in [2.24, 2.45) is 11.7 Å². The summed E-state index contributed by atoms with van der Waals surface area (Å²) in [5.74, 6) is -6.54. The first-order chi connectivity index (χ1) is 17.7. The number of methoxy groups -OCH3 is 1. The second-order valence-corrected chi connectivity index (χ2v) is 9.63. The summed E-state index contributed by atoms with van der Waals surface area (Å²) in [7, 11) is 7.77. The topological polar surface area (TPSA) is 203 Å². The maximum atomic E-state index is 13.4. The largest absolute Gasteiger partial charge is 0.510 e. The van der Waals surface area contributed by atoms with Gasteiger partial charge < -0.3 is 35.8 Å². The lowest BCUT2D eigenvalue weighted by atomic mass is 9.74. The number of Topliss-reactive ketones (excluding diaryl/α,β-unsaturated/α-hetero) is 2. The molecule has 3 rings (SSSR count). The lowest BCUT2D eigenvalue weighted by Gasteiger charge is -2.34. The number of nitrogens with zero attached hydrogens (tertiary/aromatic N) is 2. The molecule has 0 saturated heterocycles. The highest BCUT2D eigenvalue weighted by atomic mass is 16.5. The molecule has 1 aromatic rings. The summed E-state index contributed by atoms with van der Waals surface area (Å²) in [4.78, 5) is 53.6. The Kier molecular flexibility index (Phi) is 8.03. The third-order valence-corrected chi connectivity index (χ3v) is 6.88. The van der Waals surface area contributed by atoms with Crippen molar-refractivity contribution in [2.75, 3.05) is 45.5 Å². The molecule has 38 heavy (non-hydrogen) atoms. The van der Waals surface area contributed by atoms with E-state index in [0.717, 1.165) is 7.11 Å². The van der Waals surface area contributed by atoms with Gasteiger partial charge in [-0.15, -0.1) is 0 Å². The molecule has 206 valence electrons. The number of ketones is 2. The number of anilines is 2. The standard InChI is InChI=1S/C25H32N4O9/c1-28(2)13-7-6-10-8-11-14(29(3)4)9-12(27-25(37)38-5)18(30)16(11)20(32)15(10)21(33)23(35)22(34)17(19(13)31)24(26)36/h9-10,13,23,30-32,35H,6-8H2,1-5H3,(H2,26,36)(H,27,37)/b19-17-/t10-,13+,23+/m1/s1. The fourth-order valence-corrected chi connectivity index (χ4v) is 5.00. The molecule has 0 fully saturated rings. The summed E-state index contributed by atoms with van der Waals surface area (Å²) in [5, 5.41) is 46.2. The number of phenols is 1. The lowest BCUT2D eigenvalue weighted by molar-refractivity contribution is -0.135. The van der Waals surface area contributed by atoms with Gasteiger partial charge in [-0.2, -0.15) is 0 Å². The van der Waals surface area contributed by atoms with Crippen molar-refractivity contribution in [3.8, 4) is 5.75 Å². The first-order valence-electron chi connectivity index (χ1n) is 11.7. The van der Waals surface area contributed by atoms with E-state index in [1.165, 1.54) is 6.07 Å². The van der Waals surface area contributed by atoms with Crippen LogP contribution in [0.2, 0.25) is 0 Å². The van der Waals surface area contributed by atoms with Crippen LogP contribution in [-0.2, 0) is 25.5 Å². The molecule has 0 bridgehead atoms. The maximum Gasteiger partial charge on any atom is 0.411 e. The molecular formula is C25H32N4O9. The summed E-state index contributed by atoms with van der Waals surface area (Å²) in [6.45, 7) is 0. The van der Waals surface area contributed by atoms with E-state index in [4.69, 9.17) is 5.73 Å². The molecule has 0 unspecified atom stereocenters. The van der Waals surface area contributed by atoms with Gasteiger partial charge in [0, 0.05) is 25.4 Å². The van der Waals surface area contributed by atoms with Crippen molar-refractivity contribution in [1.82, 2.24) is 4.90 Å². The summed E-state index contributed by atoms with van der Waals surface area (Å²) in [6.07, 6.45) is -2.90. The van der Waals surface area contributed by atoms with E-state index in [-0.39, 0.29) is 36.1 Å². The minimum atomic E-state index is -2.45. The highest BCUT2D eigenvalue weighted by Gasteiger charge is 2.43. The molecule has 2 amide bonds. The first kappa shape index (κ1) is 28.5. The molecule has 13 nitrogen and oxygen atoms in total. The summed E-state index contributed by atoms with van der Waals surface area (Å²) >= 11 is 0. The number of carbonyl (C=O) groups excluding carboxylic acids is 4. The van der Waals surface area contributed by atoms with Gasteiger partial charge in [0.1, 0.15) is 17.1 Å². The zero-order valence-electron chi connectivity index (χ0n) is 21.7. The second kappa shape index (κ2) is 10.7. The van der Waals surface area contributed by atoms with Crippen LogP contribution in [0.5, 0.6) is 5.75 Å². The minimum Gasteiger partial charge on any atom is -0.510 e. The van der Waals surface area contributed by atoms with Crippen LogP contribution in [-0.4, -0.2) is 96.3 Å². The SMILES string of the molecule is COC(=O)Nc1cc(N(C)C)c2c(c1O)C(O)=C1C(=O)[C@H](O)C(=O)/C(C(N)=O)=C(/O)[C@@H](N(C)C)CC[C@@H]1C2. The molecule has 3 atom stereocenters. The van der Waals surface area contributed by atoms with Crippen LogP contribution in [0.4, 0.5) is 16.2 Å².